The quantitative estimate of drug-likeness (QED) is 0.769. The Labute approximate surface area is 142 Å². The number of nitrogens with one attached hydrogen (secondary N) is 1. The van der Waals surface area contributed by atoms with E-state index < -0.39 is 15.8 Å². The first kappa shape index (κ1) is 16.5. The Kier molecular flexibility index (Phi) is 4.29. The molecule has 0 spiro atoms. The van der Waals surface area contributed by atoms with E-state index in [0.717, 1.165) is 27.7 Å². The lowest BCUT2D eigenvalue weighted by molar-refractivity contribution is 0.599. The van der Waals surface area contributed by atoms with Gasteiger partial charge in [0.05, 0.1) is 26.2 Å². The number of hydrogen-bond donors (Lipinski definition) is 1. The van der Waals surface area contributed by atoms with Gasteiger partial charge in [0.25, 0.3) is 10.0 Å². The third-order valence-electron chi connectivity index (χ3n) is 3.14. The molecule has 24 heavy (non-hydrogen) atoms. The Hall–Kier alpha value is -2.39. The molecule has 0 saturated carbocycles. The van der Waals surface area contributed by atoms with Crippen LogP contribution in [0.5, 0.6) is 0 Å². The maximum absolute atomic E-state index is 12.9. The van der Waals surface area contributed by atoms with Gasteiger partial charge in [0.1, 0.15) is 5.82 Å². The molecule has 6 nitrogen and oxygen atoms in total. The molecule has 124 valence electrons. The number of sulfonamides is 1. The SMILES string of the molecule is Cc1nc(C)c(-c2ccnc(NS(=O)(=O)c3ccc(F)cc3)n2)s1. The van der Waals surface area contributed by atoms with Gasteiger partial charge in [-0.25, -0.2) is 32.5 Å². The molecule has 0 saturated heterocycles. The summed E-state index contributed by atoms with van der Waals surface area (Å²) in [6.45, 7) is 3.75. The van der Waals surface area contributed by atoms with Gasteiger partial charge in [-0.05, 0) is 44.2 Å². The van der Waals surface area contributed by atoms with Crippen LogP contribution in [0.15, 0.2) is 41.4 Å². The molecule has 0 fully saturated rings. The van der Waals surface area contributed by atoms with E-state index in [2.05, 4.69) is 19.7 Å². The molecule has 3 rings (SSSR count). The summed E-state index contributed by atoms with van der Waals surface area (Å²) < 4.78 is 39.9. The van der Waals surface area contributed by atoms with E-state index in [1.807, 2.05) is 13.8 Å². The van der Waals surface area contributed by atoms with Crippen molar-refractivity contribution in [2.24, 2.45) is 0 Å². The van der Waals surface area contributed by atoms with E-state index in [9.17, 15) is 12.8 Å². The predicted octanol–water partition coefficient (Wildman–Crippen LogP) is 3.16. The fourth-order valence-corrected chi connectivity index (χ4v) is 3.94. The molecule has 0 aliphatic rings. The lowest BCUT2D eigenvalue weighted by atomic mass is 10.3. The van der Waals surface area contributed by atoms with Gasteiger partial charge < -0.3 is 0 Å². The predicted molar refractivity (Wildman–Crippen MR) is 89.8 cm³/mol. The van der Waals surface area contributed by atoms with Crippen LogP contribution < -0.4 is 4.72 Å². The molecule has 0 aliphatic carbocycles. The van der Waals surface area contributed by atoms with Crippen LogP contribution in [0.1, 0.15) is 10.7 Å². The third kappa shape index (κ3) is 3.41. The zero-order chi connectivity index (χ0) is 17.3. The Morgan fingerprint density at radius 2 is 1.79 bits per heavy atom. The van der Waals surface area contributed by atoms with Crippen LogP contribution in [0.25, 0.3) is 10.6 Å². The highest BCUT2D eigenvalue weighted by atomic mass is 32.2. The molecule has 0 unspecified atom stereocenters. The minimum atomic E-state index is -3.89. The fraction of sp³-hybridized carbons (Fsp3) is 0.133. The molecule has 1 N–H and O–H groups in total. The Morgan fingerprint density at radius 3 is 2.42 bits per heavy atom. The van der Waals surface area contributed by atoms with E-state index in [0.29, 0.717) is 5.69 Å². The van der Waals surface area contributed by atoms with Gasteiger partial charge >= 0.3 is 0 Å². The van der Waals surface area contributed by atoms with Crippen molar-refractivity contribution < 1.29 is 12.8 Å². The maximum Gasteiger partial charge on any atom is 0.264 e. The number of aromatic nitrogens is 3. The van der Waals surface area contributed by atoms with Crippen LogP contribution in [-0.2, 0) is 10.0 Å². The first-order chi connectivity index (χ1) is 11.3. The zero-order valence-electron chi connectivity index (χ0n) is 12.8. The number of aryl methyl sites for hydroxylation is 2. The molecule has 2 aromatic heterocycles. The monoisotopic (exact) mass is 364 g/mol. The molecule has 0 radical (unpaired) electrons. The van der Waals surface area contributed by atoms with E-state index in [-0.39, 0.29) is 10.8 Å². The molecule has 0 aliphatic heterocycles. The average Bonchev–Trinajstić information content (AvgIpc) is 2.86. The Bertz CT molecular complexity index is 985. The van der Waals surface area contributed by atoms with Crippen LogP contribution in [-0.4, -0.2) is 23.4 Å². The van der Waals surface area contributed by atoms with Gasteiger partial charge in [0, 0.05) is 6.20 Å². The van der Waals surface area contributed by atoms with Crippen LogP contribution in [0.4, 0.5) is 10.3 Å². The minimum absolute atomic E-state index is 0.0534. The van der Waals surface area contributed by atoms with E-state index in [1.54, 1.807) is 6.07 Å². The molecule has 1 aromatic carbocycles. The topological polar surface area (TPSA) is 84.8 Å². The van der Waals surface area contributed by atoms with Crippen LogP contribution in [0.3, 0.4) is 0 Å². The molecular weight excluding hydrogens is 351 g/mol. The molecule has 2 heterocycles. The average molecular weight is 364 g/mol. The van der Waals surface area contributed by atoms with Gasteiger partial charge in [-0.15, -0.1) is 11.3 Å². The summed E-state index contributed by atoms with van der Waals surface area (Å²) in [6, 6.07) is 6.21. The molecule has 3 aromatic rings. The van der Waals surface area contributed by atoms with Gasteiger partial charge in [0.15, 0.2) is 0 Å². The number of benzene rings is 1. The van der Waals surface area contributed by atoms with Gasteiger partial charge in [0.2, 0.25) is 5.95 Å². The maximum atomic E-state index is 12.9. The largest absolute Gasteiger partial charge is 0.264 e. The number of anilines is 1. The van der Waals surface area contributed by atoms with Crippen LogP contribution in [0, 0.1) is 19.7 Å². The number of nitrogens with zero attached hydrogens (tertiary/aromatic N) is 3. The minimum Gasteiger partial charge on any atom is -0.247 e. The normalized spacial score (nSPS) is 11.5. The summed E-state index contributed by atoms with van der Waals surface area (Å²) in [5, 5.41) is 0.898. The number of hydrogen-bond acceptors (Lipinski definition) is 6. The van der Waals surface area contributed by atoms with Gasteiger partial charge in [-0.1, -0.05) is 0 Å². The van der Waals surface area contributed by atoms with E-state index in [4.69, 9.17) is 0 Å². The van der Waals surface area contributed by atoms with Crippen LogP contribution >= 0.6 is 11.3 Å². The molecular formula is C15H13FN4O2S2. The summed E-state index contributed by atoms with van der Waals surface area (Å²) in [7, 11) is -3.89. The highest BCUT2D eigenvalue weighted by Gasteiger charge is 2.17. The molecule has 0 amide bonds. The smallest absolute Gasteiger partial charge is 0.247 e. The first-order valence-corrected chi connectivity index (χ1v) is 9.21. The van der Waals surface area contributed by atoms with Crippen molar-refractivity contribution in [3.63, 3.8) is 0 Å². The van der Waals surface area contributed by atoms with Gasteiger partial charge in [-0.2, -0.15) is 0 Å². The van der Waals surface area contributed by atoms with Crippen molar-refractivity contribution in [3.05, 3.63) is 53.0 Å². The highest BCUT2D eigenvalue weighted by molar-refractivity contribution is 7.92. The Morgan fingerprint density at radius 1 is 1.08 bits per heavy atom. The van der Waals surface area contributed by atoms with E-state index >= 15 is 0 Å². The summed E-state index contributed by atoms with van der Waals surface area (Å²) in [6.07, 6.45) is 1.47. The van der Waals surface area contributed by atoms with Crippen LogP contribution in [0.2, 0.25) is 0 Å². The van der Waals surface area contributed by atoms with Crippen molar-refractivity contribution in [2.45, 2.75) is 18.7 Å². The lowest BCUT2D eigenvalue weighted by Gasteiger charge is -2.07. The van der Waals surface area contributed by atoms with Crippen molar-refractivity contribution in [2.75, 3.05) is 4.72 Å². The van der Waals surface area contributed by atoms with E-state index in [1.165, 1.54) is 29.7 Å². The second kappa shape index (κ2) is 6.25. The second-order valence-electron chi connectivity index (χ2n) is 4.97. The fourth-order valence-electron chi connectivity index (χ4n) is 2.10. The molecule has 0 atom stereocenters. The number of thiazole rings is 1. The number of rotatable bonds is 4. The zero-order valence-corrected chi connectivity index (χ0v) is 14.4. The lowest BCUT2D eigenvalue weighted by Crippen LogP contribution is -2.15. The summed E-state index contributed by atoms with van der Waals surface area (Å²) in [5.41, 5.74) is 1.41. The summed E-state index contributed by atoms with van der Waals surface area (Å²) >= 11 is 1.47. The highest BCUT2D eigenvalue weighted by Crippen LogP contribution is 2.28. The molecule has 9 heteroatoms. The summed E-state index contributed by atoms with van der Waals surface area (Å²) in [5.74, 6) is -0.564. The van der Waals surface area contributed by atoms with Crippen molar-refractivity contribution in [1.82, 2.24) is 15.0 Å². The molecule has 0 bridgehead atoms. The van der Waals surface area contributed by atoms with Crippen molar-refractivity contribution in [1.29, 1.82) is 0 Å². The second-order valence-corrected chi connectivity index (χ2v) is 7.86. The van der Waals surface area contributed by atoms with Crippen molar-refractivity contribution >= 4 is 27.3 Å². The third-order valence-corrected chi connectivity index (χ3v) is 5.58. The Balaban J connectivity index is 1.92. The van der Waals surface area contributed by atoms with Crippen molar-refractivity contribution in [3.8, 4) is 10.6 Å². The standard InChI is InChI=1S/C15H13FN4O2S2/c1-9-14(23-10(2)18-9)13-7-8-17-15(19-13)20-24(21,22)12-5-3-11(16)4-6-12/h3-8H,1-2H3,(H,17,19,20). The number of halogens is 1. The first-order valence-electron chi connectivity index (χ1n) is 6.91. The summed E-state index contributed by atoms with van der Waals surface area (Å²) in [4.78, 5) is 13.3. The van der Waals surface area contributed by atoms with Gasteiger partial charge in [-0.3, -0.25) is 0 Å².